The molecule has 5 nitrogen and oxygen atoms in total. The summed E-state index contributed by atoms with van der Waals surface area (Å²) in [6.07, 6.45) is 0.781. The number of esters is 1. The van der Waals surface area contributed by atoms with Crippen molar-refractivity contribution >= 4 is 11.9 Å². The lowest BCUT2D eigenvalue weighted by Gasteiger charge is -2.11. The number of methoxy groups -OCH3 is 1. The van der Waals surface area contributed by atoms with Gasteiger partial charge in [-0.25, -0.2) is 4.79 Å². The van der Waals surface area contributed by atoms with Crippen LogP contribution in [0.2, 0.25) is 0 Å². The monoisotopic (exact) mass is 237 g/mol. The summed E-state index contributed by atoms with van der Waals surface area (Å²) in [6, 6.07) is 3.94. The van der Waals surface area contributed by atoms with Crippen LogP contribution in [0.4, 0.5) is 0 Å². The van der Waals surface area contributed by atoms with Crippen molar-refractivity contribution in [2.24, 2.45) is 0 Å². The number of carbonyl (C=O) groups excluding carboxylic acids is 2. The van der Waals surface area contributed by atoms with Crippen molar-refractivity contribution in [1.82, 2.24) is 0 Å². The number of rotatable bonds is 5. The number of ether oxygens (including phenoxy) is 2. The summed E-state index contributed by atoms with van der Waals surface area (Å²) in [5, 5.41) is 10.7. The Hall–Kier alpha value is -2.04. The molecule has 0 bridgehead atoms. The van der Waals surface area contributed by atoms with E-state index >= 15 is 0 Å². The van der Waals surface area contributed by atoms with Crippen LogP contribution in [0.5, 0.6) is 5.75 Å². The molecule has 0 aliphatic carbocycles. The molecule has 0 unspecified atom stereocenters. The largest absolute Gasteiger partial charge is 0.545 e. The first-order chi connectivity index (χ1) is 8.10. The Kier molecular flexibility index (Phi) is 4.51. The quantitative estimate of drug-likeness (QED) is 0.702. The van der Waals surface area contributed by atoms with Crippen LogP contribution in [0.25, 0.3) is 0 Å². The van der Waals surface area contributed by atoms with Gasteiger partial charge in [0.15, 0.2) is 0 Å². The van der Waals surface area contributed by atoms with Gasteiger partial charge in [0.1, 0.15) is 11.3 Å². The summed E-state index contributed by atoms with van der Waals surface area (Å²) in [4.78, 5) is 22.1. The predicted molar refractivity (Wildman–Crippen MR) is 57.9 cm³/mol. The zero-order valence-corrected chi connectivity index (χ0v) is 9.69. The number of hydrogen-bond acceptors (Lipinski definition) is 5. The van der Waals surface area contributed by atoms with E-state index in [1.165, 1.54) is 25.3 Å². The number of hydrogen-bond donors (Lipinski definition) is 0. The lowest BCUT2D eigenvalue weighted by Crippen LogP contribution is -2.22. The third kappa shape index (κ3) is 3.21. The Morgan fingerprint density at radius 1 is 1.35 bits per heavy atom. The highest BCUT2D eigenvalue weighted by Crippen LogP contribution is 2.21. The van der Waals surface area contributed by atoms with Gasteiger partial charge in [-0.05, 0) is 30.2 Å². The second kappa shape index (κ2) is 5.89. The third-order valence-corrected chi connectivity index (χ3v) is 2.08. The van der Waals surface area contributed by atoms with Crippen LogP contribution in [0.3, 0.4) is 0 Å². The summed E-state index contributed by atoms with van der Waals surface area (Å²) in [7, 11) is 1.22. The summed E-state index contributed by atoms with van der Waals surface area (Å²) >= 11 is 0. The standard InChI is InChI=1S/C12H14O5/c1-3-6-17-10-5-4-8(11(13)14)7-9(10)12(15)16-2/h4-5,7H,3,6H2,1-2H3,(H,13,14)/p-1. The molecule has 1 rings (SSSR count). The average Bonchev–Trinajstić information content (AvgIpc) is 2.35. The van der Waals surface area contributed by atoms with E-state index in [0.29, 0.717) is 12.4 Å². The molecule has 0 amide bonds. The Balaban J connectivity index is 3.12. The number of carboxylic acid groups (broad SMARTS) is 1. The smallest absolute Gasteiger partial charge is 0.341 e. The highest BCUT2D eigenvalue weighted by Gasteiger charge is 2.14. The molecular weight excluding hydrogens is 224 g/mol. The van der Waals surface area contributed by atoms with E-state index in [2.05, 4.69) is 4.74 Å². The van der Waals surface area contributed by atoms with Crippen LogP contribution in [0.15, 0.2) is 18.2 Å². The minimum atomic E-state index is -1.35. The van der Waals surface area contributed by atoms with E-state index in [4.69, 9.17) is 4.74 Å². The lowest BCUT2D eigenvalue weighted by atomic mass is 10.1. The number of carboxylic acids is 1. The molecule has 17 heavy (non-hydrogen) atoms. The summed E-state index contributed by atoms with van der Waals surface area (Å²) < 4.78 is 9.89. The fourth-order valence-electron chi connectivity index (χ4n) is 1.26. The minimum Gasteiger partial charge on any atom is -0.545 e. The minimum absolute atomic E-state index is 0.0858. The molecule has 0 radical (unpaired) electrons. The summed E-state index contributed by atoms with van der Waals surface area (Å²) in [5.74, 6) is -1.68. The van der Waals surface area contributed by atoms with Crippen LogP contribution in [0, 0.1) is 0 Å². The zero-order valence-electron chi connectivity index (χ0n) is 9.69. The first-order valence-corrected chi connectivity index (χ1v) is 5.16. The Bertz CT molecular complexity index is 425. The molecule has 1 aromatic carbocycles. The van der Waals surface area contributed by atoms with E-state index in [0.717, 1.165) is 6.42 Å². The topological polar surface area (TPSA) is 75.7 Å². The molecule has 0 fully saturated rings. The molecule has 0 aromatic heterocycles. The van der Waals surface area contributed by atoms with Gasteiger partial charge >= 0.3 is 5.97 Å². The number of aromatic carboxylic acids is 1. The Labute approximate surface area is 99.0 Å². The number of carbonyl (C=O) groups is 2. The third-order valence-electron chi connectivity index (χ3n) is 2.08. The first-order valence-electron chi connectivity index (χ1n) is 5.16. The van der Waals surface area contributed by atoms with Gasteiger partial charge in [0.05, 0.1) is 19.7 Å². The molecule has 0 N–H and O–H groups in total. The lowest BCUT2D eigenvalue weighted by molar-refractivity contribution is -0.255. The first kappa shape index (κ1) is 13.0. The highest BCUT2D eigenvalue weighted by atomic mass is 16.5. The molecule has 0 aliphatic heterocycles. The maximum atomic E-state index is 11.5. The van der Waals surface area contributed by atoms with Gasteiger partial charge in [-0.1, -0.05) is 6.92 Å². The van der Waals surface area contributed by atoms with Crippen molar-refractivity contribution in [1.29, 1.82) is 0 Å². The van der Waals surface area contributed by atoms with Gasteiger partial charge in [-0.2, -0.15) is 0 Å². The molecular formula is C12H13O5-. The van der Waals surface area contributed by atoms with E-state index in [-0.39, 0.29) is 11.1 Å². The van der Waals surface area contributed by atoms with Gasteiger partial charge < -0.3 is 19.4 Å². The molecule has 0 aliphatic rings. The summed E-state index contributed by atoms with van der Waals surface area (Å²) in [5.41, 5.74) is -0.00287. The van der Waals surface area contributed by atoms with Crippen LogP contribution < -0.4 is 9.84 Å². The molecule has 5 heteroatoms. The molecule has 1 aromatic rings. The van der Waals surface area contributed by atoms with E-state index in [1.807, 2.05) is 6.92 Å². The van der Waals surface area contributed by atoms with Crippen molar-refractivity contribution in [3.8, 4) is 5.75 Å². The summed E-state index contributed by atoms with van der Waals surface area (Å²) in [6.45, 7) is 2.36. The van der Waals surface area contributed by atoms with Crippen LogP contribution in [-0.2, 0) is 4.74 Å². The SMILES string of the molecule is CCCOc1ccc(C(=O)[O-])cc1C(=O)OC. The van der Waals surface area contributed by atoms with E-state index in [1.54, 1.807) is 0 Å². The molecule has 0 spiro atoms. The van der Waals surface area contributed by atoms with Crippen LogP contribution in [-0.4, -0.2) is 25.7 Å². The second-order valence-corrected chi connectivity index (χ2v) is 3.34. The molecule has 0 atom stereocenters. The molecule has 0 saturated heterocycles. The fraction of sp³-hybridized carbons (Fsp3) is 0.333. The van der Waals surface area contributed by atoms with Crippen molar-refractivity contribution in [2.45, 2.75) is 13.3 Å². The van der Waals surface area contributed by atoms with Crippen LogP contribution >= 0.6 is 0 Å². The maximum absolute atomic E-state index is 11.5. The molecule has 0 saturated carbocycles. The van der Waals surface area contributed by atoms with Crippen molar-refractivity contribution in [3.63, 3.8) is 0 Å². The molecule has 0 heterocycles. The van der Waals surface area contributed by atoms with Crippen LogP contribution in [0.1, 0.15) is 34.1 Å². The van der Waals surface area contributed by atoms with Gasteiger partial charge in [-0.15, -0.1) is 0 Å². The van der Waals surface area contributed by atoms with Gasteiger partial charge in [0, 0.05) is 0 Å². The zero-order chi connectivity index (χ0) is 12.8. The molecule has 92 valence electrons. The van der Waals surface area contributed by atoms with Gasteiger partial charge in [-0.3, -0.25) is 0 Å². The van der Waals surface area contributed by atoms with Gasteiger partial charge in [0.25, 0.3) is 0 Å². The Morgan fingerprint density at radius 3 is 2.59 bits per heavy atom. The van der Waals surface area contributed by atoms with Crippen molar-refractivity contribution < 1.29 is 24.2 Å². The van der Waals surface area contributed by atoms with Gasteiger partial charge in [0.2, 0.25) is 0 Å². The maximum Gasteiger partial charge on any atom is 0.341 e. The van der Waals surface area contributed by atoms with Crippen molar-refractivity contribution in [3.05, 3.63) is 29.3 Å². The normalized spacial score (nSPS) is 9.76. The van der Waals surface area contributed by atoms with E-state index < -0.39 is 11.9 Å². The highest BCUT2D eigenvalue weighted by molar-refractivity contribution is 5.96. The fourth-order valence-corrected chi connectivity index (χ4v) is 1.26. The Morgan fingerprint density at radius 2 is 2.06 bits per heavy atom. The predicted octanol–water partition coefficient (Wildman–Crippen LogP) is 0.625. The average molecular weight is 237 g/mol. The second-order valence-electron chi connectivity index (χ2n) is 3.34. The van der Waals surface area contributed by atoms with Crippen molar-refractivity contribution in [2.75, 3.05) is 13.7 Å². The van der Waals surface area contributed by atoms with E-state index in [9.17, 15) is 14.7 Å². The number of benzene rings is 1.